The maximum Gasteiger partial charge on any atom is 0.158 e. The third-order valence-corrected chi connectivity index (χ3v) is 6.72. The van der Waals surface area contributed by atoms with Gasteiger partial charge in [-0.1, -0.05) is 26.0 Å². The van der Waals surface area contributed by atoms with Crippen LogP contribution in [-0.4, -0.2) is 40.5 Å². The van der Waals surface area contributed by atoms with Crippen LogP contribution in [0, 0.1) is 25.5 Å². The van der Waals surface area contributed by atoms with Gasteiger partial charge in [0.05, 0.1) is 42.7 Å². The number of ether oxygens (including phenoxy) is 1. The molecule has 0 radical (unpaired) electrons. The number of anilines is 1. The molecular formula is C30H34F2N4O2. The molecular weight excluding hydrogens is 486 g/mol. The highest BCUT2D eigenvalue weighted by Crippen LogP contribution is 2.32. The van der Waals surface area contributed by atoms with E-state index in [1.54, 1.807) is 18.4 Å². The third-order valence-electron chi connectivity index (χ3n) is 6.72. The van der Waals surface area contributed by atoms with E-state index in [1.807, 2.05) is 66.9 Å². The maximum atomic E-state index is 14.5. The molecule has 1 aromatic heterocycles. The lowest BCUT2D eigenvalue weighted by molar-refractivity contribution is -0.117. The lowest BCUT2D eigenvalue weighted by Gasteiger charge is -2.38. The molecule has 0 amide bonds. The van der Waals surface area contributed by atoms with E-state index in [-0.39, 0.29) is 24.3 Å². The number of allylic oxidation sites excluding steroid dienone is 2. The van der Waals surface area contributed by atoms with Crippen molar-refractivity contribution in [3.8, 4) is 11.4 Å². The van der Waals surface area contributed by atoms with Gasteiger partial charge in [0.15, 0.2) is 5.78 Å². The summed E-state index contributed by atoms with van der Waals surface area (Å²) in [6, 6.07) is 8.51. The summed E-state index contributed by atoms with van der Waals surface area (Å²) < 4.78 is 36.6. The third kappa shape index (κ3) is 5.64. The number of carbonyl (C=O) groups excluding carboxylic acids is 1. The highest BCUT2D eigenvalue weighted by atomic mass is 19.1. The summed E-state index contributed by atoms with van der Waals surface area (Å²) >= 11 is 0. The average molecular weight is 521 g/mol. The SMILES string of the molecule is CCCN1C(C=Cc2ccc(-n3cnc(C)c3)c(OC)c2)=C(CC)CC(=O)CN1c1cc(F)c(C)c(F)c1. The second-order valence-electron chi connectivity index (χ2n) is 9.46. The number of hydrogen-bond donors (Lipinski definition) is 0. The molecule has 0 bridgehead atoms. The normalized spacial score (nSPS) is 14.6. The minimum absolute atomic E-state index is 0.00519. The average Bonchev–Trinajstić information content (AvgIpc) is 3.28. The number of rotatable bonds is 8. The van der Waals surface area contributed by atoms with Crippen LogP contribution in [0.4, 0.5) is 14.5 Å². The number of nitrogens with zero attached hydrogens (tertiary/aromatic N) is 4. The summed E-state index contributed by atoms with van der Waals surface area (Å²) in [6.07, 6.45) is 9.38. The predicted octanol–water partition coefficient (Wildman–Crippen LogP) is 6.56. The van der Waals surface area contributed by atoms with Crippen molar-refractivity contribution >= 4 is 17.5 Å². The van der Waals surface area contributed by atoms with E-state index < -0.39 is 11.6 Å². The van der Waals surface area contributed by atoms with Crippen molar-refractivity contribution in [2.75, 3.05) is 25.2 Å². The molecule has 3 aromatic rings. The van der Waals surface area contributed by atoms with Crippen molar-refractivity contribution in [1.29, 1.82) is 0 Å². The summed E-state index contributed by atoms with van der Waals surface area (Å²) in [5.74, 6) is -0.576. The van der Waals surface area contributed by atoms with Gasteiger partial charge in [-0.25, -0.2) is 13.8 Å². The fourth-order valence-electron chi connectivity index (χ4n) is 4.66. The van der Waals surface area contributed by atoms with Crippen molar-refractivity contribution < 1.29 is 18.3 Å². The van der Waals surface area contributed by atoms with Gasteiger partial charge in [0.25, 0.3) is 0 Å². The number of hydrazine groups is 1. The van der Waals surface area contributed by atoms with Crippen molar-refractivity contribution in [2.24, 2.45) is 0 Å². The molecule has 0 saturated carbocycles. The fourth-order valence-corrected chi connectivity index (χ4v) is 4.66. The Kier molecular flexibility index (Phi) is 8.29. The zero-order chi connectivity index (χ0) is 27.4. The number of hydrogen-bond acceptors (Lipinski definition) is 5. The zero-order valence-corrected chi connectivity index (χ0v) is 22.6. The molecule has 0 unspecified atom stereocenters. The number of benzene rings is 2. The molecule has 0 atom stereocenters. The Labute approximate surface area is 222 Å². The summed E-state index contributed by atoms with van der Waals surface area (Å²) in [7, 11) is 1.63. The predicted molar refractivity (Wildman–Crippen MR) is 146 cm³/mol. The van der Waals surface area contributed by atoms with Crippen molar-refractivity contribution in [1.82, 2.24) is 14.6 Å². The Hall–Kier alpha value is -3.94. The van der Waals surface area contributed by atoms with E-state index in [9.17, 15) is 13.6 Å². The molecule has 0 N–H and O–H groups in total. The smallest absolute Gasteiger partial charge is 0.158 e. The molecule has 0 saturated heterocycles. The van der Waals surface area contributed by atoms with Crippen molar-refractivity contribution in [3.63, 3.8) is 0 Å². The van der Waals surface area contributed by atoms with Crippen LogP contribution in [0.3, 0.4) is 0 Å². The second-order valence-corrected chi connectivity index (χ2v) is 9.46. The van der Waals surface area contributed by atoms with Crippen LogP contribution < -0.4 is 9.75 Å². The van der Waals surface area contributed by atoms with Gasteiger partial charge in [-0.15, -0.1) is 0 Å². The van der Waals surface area contributed by atoms with Crippen molar-refractivity contribution in [2.45, 2.75) is 47.0 Å². The minimum Gasteiger partial charge on any atom is -0.495 e. The Morgan fingerprint density at radius 1 is 1.08 bits per heavy atom. The molecule has 4 rings (SSSR count). The lowest BCUT2D eigenvalue weighted by atomic mass is 10.0. The minimum atomic E-state index is -0.634. The van der Waals surface area contributed by atoms with E-state index in [0.29, 0.717) is 24.4 Å². The quantitative estimate of drug-likeness (QED) is 0.337. The van der Waals surface area contributed by atoms with Crippen LogP contribution in [0.5, 0.6) is 5.75 Å². The van der Waals surface area contributed by atoms with Gasteiger partial charge in [0, 0.05) is 24.7 Å². The Balaban J connectivity index is 1.76. The standard InChI is InChI=1S/C30H34F2N4O2/c1-6-12-35-28(10-8-22-9-11-29(30(13-22)38-5)34-17-20(3)33-19-34)23(7-2)14-25(37)18-36(35)24-15-26(31)21(4)27(32)16-24/h8-11,13,15-17,19H,6-7,12,14,18H2,1-5H3. The molecule has 0 fully saturated rings. The molecule has 0 aliphatic carbocycles. The summed E-state index contributed by atoms with van der Waals surface area (Å²) in [6.45, 7) is 8.01. The van der Waals surface area contributed by atoms with Crippen LogP contribution in [0.1, 0.15) is 49.9 Å². The molecule has 6 nitrogen and oxygen atoms in total. The first-order valence-electron chi connectivity index (χ1n) is 12.9. The number of aromatic nitrogens is 2. The van der Waals surface area contributed by atoms with E-state index in [4.69, 9.17) is 4.74 Å². The number of Topliss-reactive ketones (excluding diaryl/α,β-unsaturated/α-hetero) is 1. The molecule has 2 heterocycles. The summed E-state index contributed by atoms with van der Waals surface area (Å²) in [4.78, 5) is 17.3. The number of ketones is 1. The highest BCUT2D eigenvalue weighted by Gasteiger charge is 2.28. The number of halogens is 2. The van der Waals surface area contributed by atoms with Gasteiger partial charge < -0.3 is 9.30 Å². The second kappa shape index (κ2) is 11.6. The van der Waals surface area contributed by atoms with E-state index in [0.717, 1.165) is 34.6 Å². The number of aryl methyl sites for hydroxylation is 1. The molecule has 38 heavy (non-hydrogen) atoms. The molecule has 8 heteroatoms. The van der Waals surface area contributed by atoms with Crippen LogP contribution >= 0.6 is 0 Å². The fraction of sp³-hybridized carbons (Fsp3) is 0.333. The first-order chi connectivity index (χ1) is 18.2. The summed E-state index contributed by atoms with van der Waals surface area (Å²) in [5, 5.41) is 3.68. The van der Waals surface area contributed by atoms with Gasteiger partial charge >= 0.3 is 0 Å². The first-order valence-corrected chi connectivity index (χ1v) is 12.9. The molecule has 0 spiro atoms. The van der Waals surface area contributed by atoms with Gasteiger partial charge in [-0.3, -0.25) is 14.8 Å². The Bertz CT molecular complexity index is 1370. The molecule has 2 aromatic carbocycles. The van der Waals surface area contributed by atoms with E-state index in [1.165, 1.54) is 19.1 Å². The van der Waals surface area contributed by atoms with Gasteiger partial charge in [-0.2, -0.15) is 0 Å². The van der Waals surface area contributed by atoms with E-state index >= 15 is 0 Å². The molecule has 200 valence electrons. The van der Waals surface area contributed by atoms with Crippen molar-refractivity contribution in [3.05, 3.63) is 88.7 Å². The number of methoxy groups -OCH3 is 1. The van der Waals surface area contributed by atoms with Gasteiger partial charge in [0.1, 0.15) is 17.4 Å². The zero-order valence-electron chi connectivity index (χ0n) is 22.6. The molecule has 1 aliphatic heterocycles. The maximum absolute atomic E-state index is 14.5. The van der Waals surface area contributed by atoms with Crippen LogP contribution in [-0.2, 0) is 4.79 Å². The van der Waals surface area contributed by atoms with Gasteiger partial charge in [-0.05, 0) is 68.2 Å². The van der Waals surface area contributed by atoms with Crippen LogP contribution in [0.15, 0.2) is 60.2 Å². The largest absolute Gasteiger partial charge is 0.495 e. The number of carbonyl (C=O) groups is 1. The van der Waals surface area contributed by atoms with Crippen LogP contribution in [0.25, 0.3) is 11.8 Å². The van der Waals surface area contributed by atoms with Crippen LogP contribution in [0.2, 0.25) is 0 Å². The molecule has 1 aliphatic rings. The summed E-state index contributed by atoms with van der Waals surface area (Å²) in [5.41, 5.74) is 4.81. The Morgan fingerprint density at radius 2 is 1.82 bits per heavy atom. The Morgan fingerprint density at radius 3 is 2.42 bits per heavy atom. The monoisotopic (exact) mass is 520 g/mol. The lowest BCUT2D eigenvalue weighted by Crippen LogP contribution is -2.44. The number of imidazole rings is 1. The van der Waals surface area contributed by atoms with Gasteiger partial charge in [0.2, 0.25) is 0 Å². The highest BCUT2D eigenvalue weighted by molar-refractivity contribution is 5.86. The van der Waals surface area contributed by atoms with E-state index in [2.05, 4.69) is 4.98 Å². The first kappa shape index (κ1) is 27.1. The topological polar surface area (TPSA) is 50.6 Å².